The minimum absolute atomic E-state index is 0.0559. The Balaban J connectivity index is 2.69. The Morgan fingerprint density at radius 1 is 1.57 bits per heavy atom. The van der Waals surface area contributed by atoms with Crippen LogP contribution in [0.25, 0.3) is 0 Å². The summed E-state index contributed by atoms with van der Waals surface area (Å²) in [6.07, 6.45) is 4.92. The number of aromatic nitrogens is 1. The Hall–Kier alpha value is -1.25. The number of carbonyl (C=O) groups is 1. The van der Waals surface area contributed by atoms with E-state index < -0.39 is 5.97 Å². The van der Waals surface area contributed by atoms with Gasteiger partial charge in [-0.25, -0.2) is 0 Å². The molecule has 1 aromatic rings. The quantitative estimate of drug-likeness (QED) is 0.800. The summed E-state index contributed by atoms with van der Waals surface area (Å²) < 4.78 is 1.98. The molecule has 0 aliphatic rings. The van der Waals surface area contributed by atoms with Crippen molar-refractivity contribution in [3.63, 3.8) is 0 Å². The number of hydrogen-bond acceptors (Lipinski definition) is 1. The number of nitrogens with zero attached hydrogens (tertiary/aromatic N) is 1. The Kier molecular flexibility index (Phi) is 2.99. The van der Waals surface area contributed by atoms with Gasteiger partial charge in [0.25, 0.3) is 0 Å². The lowest BCUT2D eigenvalue weighted by molar-refractivity contribution is -0.137. The Morgan fingerprint density at radius 2 is 2.21 bits per heavy atom. The Morgan fingerprint density at radius 3 is 2.64 bits per heavy atom. The van der Waals surface area contributed by atoms with Gasteiger partial charge in [-0.2, -0.15) is 0 Å². The molecule has 1 heterocycles. The maximum atomic E-state index is 10.5. The lowest BCUT2D eigenvalue weighted by Gasteiger charge is -2.22. The summed E-state index contributed by atoms with van der Waals surface area (Å²) in [6, 6.07) is 2.04. The van der Waals surface area contributed by atoms with Crippen LogP contribution in [0.1, 0.15) is 32.3 Å². The summed E-state index contributed by atoms with van der Waals surface area (Å²) in [6.45, 7) is 4.15. The van der Waals surface area contributed by atoms with E-state index in [1.54, 1.807) is 0 Å². The lowest BCUT2D eigenvalue weighted by Crippen LogP contribution is -2.18. The van der Waals surface area contributed by atoms with Crippen LogP contribution in [0, 0.1) is 0 Å². The molecular formula is C11H17NO2. The third-order valence-corrected chi connectivity index (χ3v) is 2.58. The third kappa shape index (κ3) is 2.62. The van der Waals surface area contributed by atoms with Crippen molar-refractivity contribution >= 4 is 5.97 Å². The van der Waals surface area contributed by atoms with Crippen molar-refractivity contribution in [2.24, 2.45) is 7.05 Å². The molecule has 0 amide bonds. The second kappa shape index (κ2) is 3.86. The van der Waals surface area contributed by atoms with Gasteiger partial charge in [0, 0.05) is 25.9 Å². The van der Waals surface area contributed by atoms with Crippen molar-refractivity contribution in [3.05, 3.63) is 24.0 Å². The molecule has 0 unspecified atom stereocenters. The highest BCUT2D eigenvalue weighted by Crippen LogP contribution is 2.28. The van der Waals surface area contributed by atoms with Gasteiger partial charge in [0.15, 0.2) is 0 Å². The first-order valence-corrected chi connectivity index (χ1v) is 4.76. The van der Waals surface area contributed by atoms with Crippen molar-refractivity contribution in [1.82, 2.24) is 4.57 Å². The number of carboxylic acids is 1. The molecule has 78 valence electrons. The van der Waals surface area contributed by atoms with E-state index >= 15 is 0 Å². The highest BCUT2D eigenvalue weighted by Gasteiger charge is 2.22. The monoisotopic (exact) mass is 195 g/mol. The van der Waals surface area contributed by atoms with Gasteiger partial charge in [-0.3, -0.25) is 4.79 Å². The number of aryl methyl sites for hydroxylation is 1. The predicted molar refractivity (Wildman–Crippen MR) is 55.3 cm³/mol. The van der Waals surface area contributed by atoms with Crippen LogP contribution in [0.5, 0.6) is 0 Å². The summed E-state index contributed by atoms with van der Waals surface area (Å²) in [7, 11) is 1.97. The topological polar surface area (TPSA) is 42.2 Å². The van der Waals surface area contributed by atoms with Gasteiger partial charge in [-0.1, -0.05) is 13.8 Å². The molecule has 0 spiro atoms. The minimum atomic E-state index is -0.728. The van der Waals surface area contributed by atoms with Gasteiger partial charge >= 0.3 is 5.97 Å². The van der Waals surface area contributed by atoms with Gasteiger partial charge < -0.3 is 9.67 Å². The van der Waals surface area contributed by atoms with Gasteiger partial charge in [0.05, 0.1) is 0 Å². The maximum absolute atomic E-state index is 10.5. The number of rotatable bonds is 4. The van der Waals surface area contributed by atoms with Crippen molar-refractivity contribution in [3.8, 4) is 0 Å². The third-order valence-electron chi connectivity index (χ3n) is 2.58. The average Bonchev–Trinajstić information content (AvgIpc) is 2.49. The highest BCUT2D eigenvalue weighted by atomic mass is 16.4. The molecule has 0 bridgehead atoms. The zero-order valence-electron chi connectivity index (χ0n) is 8.95. The van der Waals surface area contributed by atoms with Crippen LogP contribution < -0.4 is 0 Å². The molecule has 14 heavy (non-hydrogen) atoms. The van der Waals surface area contributed by atoms with Crippen LogP contribution in [0.2, 0.25) is 0 Å². The smallest absolute Gasteiger partial charge is 0.303 e. The molecular weight excluding hydrogens is 178 g/mol. The van der Waals surface area contributed by atoms with Crippen LogP contribution >= 0.6 is 0 Å². The molecule has 0 aliphatic carbocycles. The van der Waals surface area contributed by atoms with E-state index in [9.17, 15) is 4.79 Å². The summed E-state index contributed by atoms with van der Waals surface area (Å²) >= 11 is 0. The van der Waals surface area contributed by atoms with E-state index in [-0.39, 0.29) is 11.8 Å². The first-order chi connectivity index (χ1) is 6.42. The first kappa shape index (κ1) is 10.8. The second-order valence-electron chi connectivity index (χ2n) is 4.34. The standard InChI is InChI=1S/C11H17NO2/c1-11(2,6-4-10(13)14)9-5-7-12(3)8-9/h5,7-8H,4,6H2,1-3H3,(H,13,14). The fourth-order valence-corrected chi connectivity index (χ4v) is 1.47. The fourth-order valence-electron chi connectivity index (χ4n) is 1.47. The largest absolute Gasteiger partial charge is 0.481 e. The zero-order valence-corrected chi connectivity index (χ0v) is 8.95. The molecule has 0 atom stereocenters. The van der Waals surface area contributed by atoms with Crippen LogP contribution in [-0.4, -0.2) is 15.6 Å². The van der Waals surface area contributed by atoms with E-state index in [0.29, 0.717) is 6.42 Å². The Labute approximate surface area is 84.4 Å². The summed E-state index contributed by atoms with van der Waals surface area (Å²) in [5.41, 5.74) is 1.14. The second-order valence-corrected chi connectivity index (χ2v) is 4.34. The lowest BCUT2D eigenvalue weighted by atomic mass is 9.82. The number of carboxylic acid groups (broad SMARTS) is 1. The van der Waals surface area contributed by atoms with E-state index in [1.807, 2.05) is 30.1 Å². The molecule has 0 aliphatic heterocycles. The minimum Gasteiger partial charge on any atom is -0.481 e. The zero-order chi connectivity index (χ0) is 10.8. The summed E-state index contributed by atoms with van der Waals surface area (Å²) in [4.78, 5) is 10.5. The van der Waals surface area contributed by atoms with Crippen LogP contribution in [0.3, 0.4) is 0 Å². The van der Waals surface area contributed by atoms with Crippen molar-refractivity contribution < 1.29 is 9.90 Å². The molecule has 3 nitrogen and oxygen atoms in total. The van der Waals surface area contributed by atoms with Gasteiger partial charge in [0.1, 0.15) is 0 Å². The maximum Gasteiger partial charge on any atom is 0.303 e. The van der Waals surface area contributed by atoms with E-state index in [0.717, 1.165) is 0 Å². The van der Waals surface area contributed by atoms with Gasteiger partial charge in [-0.15, -0.1) is 0 Å². The molecule has 0 radical (unpaired) electrons. The average molecular weight is 195 g/mol. The molecule has 0 saturated heterocycles. The summed E-state index contributed by atoms with van der Waals surface area (Å²) in [5, 5.41) is 8.62. The van der Waals surface area contributed by atoms with E-state index in [1.165, 1.54) is 5.56 Å². The SMILES string of the molecule is Cn1ccc(C(C)(C)CCC(=O)O)c1. The van der Waals surface area contributed by atoms with Crippen LogP contribution in [0.4, 0.5) is 0 Å². The van der Waals surface area contributed by atoms with E-state index in [4.69, 9.17) is 5.11 Å². The predicted octanol–water partition coefficient (Wildman–Crippen LogP) is 2.17. The van der Waals surface area contributed by atoms with Crippen molar-refractivity contribution in [2.45, 2.75) is 32.1 Å². The molecule has 1 aromatic heterocycles. The highest BCUT2D eigenvalue weighted by molar-refractivity contribution is 5.66. The number of aliphatic carboxylic acids is 1. The van der Waals surface area contributed by atoms with Gasteiger partial charge in [0.2, 0.25) is 0 Å². The normalized spacial score (nSPS) is 11.6. The molecule has 0 aromatic carbocycles. The number of hydrogen-bond donors (Lipinski definition) is 1. The van der Waals surface area contributed by atoms with Crippen LogP contribution in [-0.2, 0) is 17.3 Å². The molecule has 0 saturated carbocycles. The molecule has 3 heteroatoms. The fraction of sp³-hybridized carbons (Fsp3) is 0.545. The van der Waals surface area contributed by atoms with E-state index in [2.05, 4.69) is 13.8 Å². The van der Waals surface area contributed by atoms with Crippen LogP contribution in [0.15, 0.2) is 18.5 Å². The Bertz CT molecular complexity index is 326. The molecule has 0 fully saturated rings. The summed E-state index contributed by atoms with van der Waals surface area (Å²) in [5.74, 6) is -0.728. The van der Waals surface area contributed by atoms with Crippen molar-refractivity contribution in [1.29, 1.82) is 0 Å². The molecule has 1 rings (SSSR count). The van der Waals surface area contributed by atoms with Gasteiger partial charge in [-0.05, 0) is 23.5 Å². The first-order valence-electron chi connectivity index (χ1n) is 4.76. The van der Waals surface area contributed by atoms with Crippen molar-refractivity contribution in [2.75, 3.05) is 0 Å². The molecule has 1 N–H and O–H groups in total.